The minimum atomic E-state index is -1.62. The molecule has 0 aliphatic carbocycles. The number of carbonyl (C=O) groups is 12. The van der Waals surface area contributed by atoms with Gasteiger partial charge in [0.2, 0.25) is 59.1 Å². The molecule has 0 fully saturated rings. The fraction of sp³-hybridized carbons (Fsp3) is 0.343. The minimum Gasteiger partial charge on any atom is -0.508 e. The number of aromatic nitrogens is 2. The highest BCUT2D eigenvalue weighted by Gasteiger charge is 2.34. The standard InChI is InChI=1S/C70H83N13O15/c1-39(2)29-54(79-60(86)37-74-64(91)50(71)33-45-35-72-51-21-13-11-19-48(45)51)68(95)81-55(30-42-15-7-5-8-16-42)65(92)75-38-59(85)78-53(27-28-61(87)88)66(93)76-40(3)62(89)80-57(34-46-36-73-52-22-14-12-20-49(46)52)69(96)82-56(31-43-17-9-6-10-18-43)67(94)77-41(4)63(90)83-58(70(97)98)32-44-23-25-47(84)26-24-44/h5-26,35-36,39-41,50,53-58,72-73,84H,27-34,37-38,71H2,1-4H3,(H,74,91)(H,75,92)(H,76,93)(H,77,94)(H,78,85)(H,79,86)(H,80,89)(H,81,95)(H,82,96)(H,83,90)(H,87,88)(H,97,98)/t40-,41-,50-,53-,54-,55-,56-,57-,58-/m0/s1. The molecule has 0 bridgehead atoms. The third-order valence-electron chi connectivity index (χ3n) is 16.0. The van der Waals surface area contributed by atoms with E-state index in [4.69, 9.17) is 5.73 Å². The number of carboxylic acids is 2. The van der Waals surface area contributed by atoms with Crippen LogP contribution < -0.4 is 58.9 Å². The van der Waals surface area contributed by atoms with E-state index in [2.05, 4.69) is 63.1 Å². The number of para-hydroxylation sites is 2. The zero-order chi connectivity index (χ0) is 71.0. The summed E-state index contributed by atoms with van der Waals surface area (Å²) in [6.07, 6.45) is 1.98. The highest BCUT2D eigenvalue weighted by atomic mass is 16.4. The smallest absolute Gasteiger partial charge is 0.326 e. The Morgan fingerprint density at radius 3 is 1.32 bits per heavy atom. The fourth-order valence-corrected chi connectivity index (χ4v) is 10.8. The number of rotatable bonds is 36. The molecule has 0 saturated carbocycles. The number of nitrogens with one attached hydrogen (secondary N) is 12. The van der Waals surface area contributed by atoms with Gasteiger partial charge in [-0.15, -0.1) is 0 Å². The van der Waals surface area contributed by atoms with Crippen LogP contribution in [0.1, 0.15) is 74.8 Å². The van der Waals surface area contributed by atoms with Crippen molar-refractivity contribution in [3.8, 4) is 5.75 Å². The molecule has 28 heteroatoms. The van der Waals surface area contributed by atoms with Crippen LogP contribution in [0, 0.1) is 5.92 Å². The third kappa shape index (κ3) is 22.6. The van der Waals surface area contributed by atoms with Crippen molar-refractivity contribution in [1.82, 2.24) is 63.1 Å². The van der Waals surface area contributed by atoms with Crippen molar-refractivity contribution < 1.29 is 72.9 Å². The van der Waals surface area contributed by atoms with Crippen molar-refractivity contribution in [3.63, 3.8) is 0 Å². The summed E-state index contributed by atoms with van der Waals surface area (Å²) in [6, 6.07) is 25.1. The number of phenolic OH excluding ortho intramolecular Hbond substituents is 1. The summed E-state index contributed by atoms with van der Waals surface area (Å²) < 4.78 is 0. The topological polar surface area (TPSA) is 443 Å². The lowest BCUT2D eigenvalue weighted by Crippen LogP contribution is -2.59. The average molecular weight is 1350 g/mol. The Bertz CT molecular complexity index is 3950. The van der Waals surface area contributed by atoms with Crippen LogP contribution >= 0.6 is 0 Å². The Hall–Kier alpha value is -11.4. The molecule has 0 spiro atoms. The lowest BCUT2D eigenvalue weighted by atomic mass is 10.0. The first-order chi connectivity index (χ1) is 46.8. The number of nitrogens with two attached hydrogens (primary N) is 1. The summed E-state index contributed by atoms with van der Waals surface area (Å²) in [7, 11) is 0. The van der Waals surface area contributed by atoms with Gasteiger partial charge in [-0.05, 0) is 91.1 Å². The second-order valence-corrected chi connectivity index (χ2v) is 24.3. The Labute approximate surface area is 564 Å². The van der Waals surface area contributed by atoms with E-state index >= 15 is 0 Å². The van der Waals surface area contributed by atoms with Crippen LogP contribution in [0.25, 0.3) is 21.8 Å². The van der Waals surface area contributed by atoms with Gasteiger partial charge in [-0.1, -0.05) is 123 Å². The van der Waals surface area contributed by atoms with Gasteiger partial charge in [0.15, 0.2) is 0 Å². The van der Waals surface area contributed by atoms with E-state index in [1.54, 1.807) is 97.3 Å². The molecule has 0 unspecified atom stereocenters. The zero-order valence-electron chi connectivity index (χ0n) is 54.5. The molecule has 28 nitrogen and oxygen atoms in total. The van der Waals surface area contributed by atoms with Crippen LogP contribution in [-0.4, -0.2) is 164 Å². The molecular formula is C70H83N13O15. The number of aromatic hydroxyl groups is 1. The van der Waals surface area contributed by atoms with Gasteiger partial charge in [-0.25, -0.2) is 4.79 Å². The second kappa shape index (κ2) is 35.9. The largest absolute Gasteiger partial charge is 0.508 e. The molecule has 518 valence electrons. The molecule has 17 N–H and O–H groups in total. The van der Waals surface area contributed by atoms with Crippen molar-refractivity contribution in [3.05, 3.63) is 174 Å². The summed E-state index contributed by atoms with van der Waals surface area (Å²) in [4.78, 5) is 169. The van der Waals surface area contributed by atoms with E-state index in [1.807, 2.05) is 38.1 Å². The fourth-order valence-electron chi connectivity index (χ4n) is 10.8. The Kier molecular flexibility index (Phi) is 27.1. The molecule has 9 atom stereocenters. The molecule has 7 rings (SSSR count). The molecule has 10 amide bonds. The first-order valence-corrected chi connectivity index (χ1v) is 31.9. The van der Waals surface area contributed by atoms with Crippen molar-refractivity contribution in [2.24, 2.45) is 11.7 Å². The van der Waals surface area contributed by atoms with E-state index in [0.29, 0.717) is 33.2 Å². The van der Waals surface area contributed by atoms with Crippen molar-refractivity contribution in [1.29, 1.82) is 0 Å². The molecule has 0 saturated heterocycles. The molecular weight excluding hydrogens is 1260 g/mol. The number of aliphatic carboxylic acids is 2. The molecule has 2 heterocycles. The summed E-state index contributed by atoms with van der Waals surface area (Å²) in [5, 5.41) is 56.4. The van der Waals surface area contributed by atoms with E-state index in [-0.39, 0.29) is 50.2 Å². The molecule has 98 heavy (non-hydrogen) atoms. The van der Waals surface area contributed by atoms with Crippen LogP contribution in [-0.2, 0) is 89.6 Å². The summed E-state index contributed by atoms with van der Waals surface area (Å²) in [6.45, 7) is 4.89. The molecule has 5 aromatic carbocycles. The maximum atomic E-state index is 14.7. The number of H-pyrrole nitrogens is 2. The minimum absolute atomic E-state index is 0.0451. The first-order valence-electron chi connectivity index (χ1n) is 31.9. The normalized spacial score (nSPS) is 13.9. The number of fused-ring (bicyclic) bond motifs is 2. The van der Waals surface area contributed by atoms with Gasteiger partial charge < -0.3 is 84.2 Å². The lowest BCUT2D eigenvalue weighted by Gasteiger charge is -2.26. The van der Waals surface area contributed by atoms with Crippen LogP contribution in [0.5, 0.6) is 5.75 Å². The first kappa shape index (κ1) is 74.0. The van der Waals surface area contributed by atoms with E-state index in [0.717, 1.165) is 16.5 Å². The predicted octanol–water partition coefficient (Wildman–Crippen LogP) is 1.34. The van der Waals surface area contributed by atoms with Gasteiger partial charge in [-0.3, -0.25) is 52.7 Å². The van der Waals surface area contributed by atoms with Gasteiger partial charge in [0.1, 0.15) is 54.1 Å². The number of amides is 10. The third-order valence-corrected chi connectivity index (χ3v) is 16.0. The van der Waals surface area contributed by atoms with E-state index < -0.39 is 151 Å². The number of hydrogen-bond acceptors (Lipinski definition) is 14. The van der Waals surface area contributed by atoms with Crippen molar-refractivity contribution in [2.75, 3.05) is 13.1 Å². The zero-order valence-corrected chi connectivity index (χ0v) is 54.5. The number of aromatic amines is 2. The Morgan fingerprint density at radius 1 is 0.408 bits per heavy atom. The predicted molar refractivity (Wildman–Crippen MR) is 361 cm³/mol. The van der Waals surface area contributed by atoms with Crippen LogP contribution in [0.15, 0.2) is 146 Å². The van der Waals surface area contributed by atoms with Crippen LogP contribution in [0.2, 0.25) is 0 Å². The van der Waals surface area contributed by atoms with Crippen molar-refractivity contribution in [2.45, 2.75) is 133 Å². The molecule has 7 aromatic rings. The van der Waals surface area contributed by atoms with E-state index in [1.165, 1.54) is 38.1 Å². The molecule has 0 radical (unpaired) electrons. The molecule has 0 aliphatic rings. The molecule has 2 aromatic heterocycles. The quantitative estimate of drug-likeness (QED) is 0.0263. The van der Waals surface area contributed by atoms with Crippen molar-refractivity contribution >= 4 is 92.8 Å². The van der Waals surface area contributed by atoms with Gasteiger partial charge in [0, 0.05) is 66.3 Å². The number of carbonyl (C=O) groups excluding carboxylic acids is 10. The Morgan fingerprint density at radius 2 is 0.806 bits per heavy atom. The number of phenols is 1. The number of carboxylic acid groups (broad SMARTS) is 2. The van der Waals surface area contributed by atoms with Gasteiger partial charge >= 0.3 is 11.9 Å². The van der Waals surface area contributed by atoms with Gasteiger partial charge in [0.05, 0.1) is 19.1 Å². The summed E-state index contributed by atoms with van der Waals surface area (Å²) in [5.74, 6) is -11.4. The maximum Gasteiger partial charge on any atom is 0.326 e. The number of benzene rings is 5. The van der Waals surface area contributed by atoms with Gasteiger partial charge in [-0.2, -0.15) is 0 Å². The average Bonchev–Trinajstić information content (AvgIpc) is 1.67. The Balaban J connectivity index is 0.994. The summed E-state index contributed by atoms with van der Waals surface area (Å²) in [5.41, 5.74) is 10.8. The second-order valence-electron chi connectivity index (χ2n) is 24.3. The monoisotopic (exact) mass is 1350 g/mol. The van der Waals surface area contributed by atoms with Gasteiger partial charge in [0.25, 0.3) is 0 Å². The SMILES string of the molecule is CC(C)C[C@H](NC(=O)CNC(=O)[C@@H](N)Cc1c[nH]c2ccccc12)C(=O)N[C@@H](Cc1ccccc1)C(=O)NCC(=O)N[C@@H](CCC(=O)O)C(=O)N[C@@H](C)C(=O)N[C@@H](Cc1c[nH]c2ccccc12)C(=O)N[C@@H](Cc1ccccc1)C(=O)N[C@@H](C)C(=O)N[C@@H](Cc1ccc(O)cc1)C(=O)O. The highest BCUT2D eigenvalue weighted by Crippen LogP contribution is 2.21. The van der Waals surface area contributed by atoms with Crippen LogP contribution in [0.4, 0.5) is 0 Å². The number of hydrogen-bond donors (Lipinski definition) is 16. The van der Waals surface area contributed by atoms with E-state index in [9.17, 15) is 72.9 Å². The van der Waals surface area contributed by atoms with Crippen LogP contribution in [0.3, 0.4) is 0 Å². The lowest BCUT2D eigenvalue weighted by molar-refractivity contribution is -0.142. The highest BCUT2D eigenvalue weighted by molar-refractivity contribution is 5.99. The summed E-state index contributed by atoms with van der Waals surface area (Å²) >= 11 is 0. The molecule has 0 aliphatic heterocycles. The maximum absolute atomic E-state index is 14.7.